The summed E-state index contributed by atoms with van der Waals surface area (Å²) in [6.07, 6.45) is 3.99. The fourth-order valence-corrected chi connectivity index (χ4v) is 2.77. The van der Waals surface area contributed by atoms with Gasteiger partial charge in [-0.2, -0.15) is 0 Å². The van der Waals surface area contributed by atoms with E-state index in [9.17, 15) is 4.79 Å². The number of hydrogen-bond donors (Lipinski definition) is 2. The van der Waals surface area contributed by atoms with Crippen molar-refractivity contribution in [2.75, 3.05) is 26.2 Å². The number of carboxylic acids is 1. The Labute approximate surface area is 90.6 Å². The third-order valence-electron chi connectivity index (χ3n) is 3.66. The van der Waals surface area contributed by atoms with Gasteiger partial charge in [0.2, 0.25) is 0 Å². The normalized spacial score (nSPS) is 33.9. The van der Waals surface area contributed by atoms with E-state index < -0.39 is 5.97 Å². The van der Waals surface area contributed by atoms with E-state index in [2.05, 4.69) is 10.2 Å². The molecule has 0 radical (unpaired) electrons. The fraction of sp³-hybridized carbons (Fsp3) is 0.909. The lowest BCUT2D eigenvalue weighted by Gasteiger charge is -2.38. The molecule has 1 saturated carbocycles. The fourth-order valence-electron chi connectivity index (χ4n) is 2.77. The number of rotatable bonds is 2. The van der Waals surface area contributed by atoms with Crippen LogP contribution in [0.15, 0.2) is 0 Å². The van der Waals surface area contributed by atoms with Gasteiger partial charge in [-0.25, -0.2) is 0 Å². The van der Waals surface area contributed by atoms with Gasteiger partial charge < -0.3 is 10.4 Å². The summed E-state index contributed by atoms with van der Waals surface area (Å²) in [5.41, 5.74) is 0. The van der Waals surface area contributed by atoms with Crippen LogP contribution in [-0.4, -0.2) is 48.2 Å². The maximum absolute atomic E-state index is 11.0. The topological polar surface area (TPSA) is 52.6 Å². The van der Waals surface area contributed by atoms with Gasteiger partial charge in [-0.1, -0.05) is 6.42 Å². The minimum atomic E-state index is -0.602. The molecule has 0 aromatic heterocycles. The third kappa shape index (κ3) is 2.69. The molecule has 0 aromatic carbocycles. The highest BCUT2D eigenvalue weighted by Gasteiger charge is 2.30. The van der Waals surface area contributed by atoms with Crippen molar-refractivity contribution in [3.8, 4) is 0 Å². The minimum absolute atomic E-state index is 0.0985. The first-order valence-electron chi connectivity index (χ1n) is 5.95. The Hall–Kier alpha value is -0.610. The molecular formula is C11H20N2O2. The van der Waals surface area contributed by atoms with E-state index in [1.54, 1.807) is 0 Å². The number of nitrogens with zero attached hydrogens (tertiary/aromatic N) is 1. The van der Waals surface area contributed by atoms with Crippen molar-refractivity contribution in [1.82, 2.24) is 10.2 Å². The van der Waals surface area contributed by atoms with Crippen LogP contribution >= 0.6 is 0 Å². The van der Waals surface area contributed by atoms with Crippen LogP contribution in [0.2, 0.25) is 0 Å². The third-order valence-corrected chi connectivity index (χ3v) is 3.66. The van der Waals surface area contributed by atoms with Crippen LogP contribution in [0.4, 0.5) is 0 Å². The minimum Gasteiger partial charge on any atom is -0.481 e. The van der Waals surface area contributed by atoms with Crippen molar-refractivity contribution < 1.29 is 9.90 Å². The first kappa shape index (κ1) is 10.9. The SMILES string of the molecule is O=C(O)[C@H]1CCC[C@@H](N2CCNCC2)C1. The summed E-state index contributed by atoms with van der Waals surface area (Å²) in [6.45, 7) is 4.26. The summed E-state index contributed by atoms with van der Waals surface area (Å²) in [4.78, 5) is 13.4. The van der Waals surface area contributed by atoms with Crippen LogP contribution in [0.3, 0.4) is 0 Å². The van der Waals surface area contributed by atoms with Gasteiger partial charge in [0, 0.05) is 32.2 Å². The standard InChI is InChI=1S/C11H20N2O2/c14-11(15)9-2-1-3-10(8-9)13-6-4-12-5-7-13/h9-10,12H,1-8H2,(H,14,15)/t9-,10+/m0/s1. The molecule has 86 valence electrons. The summed E-state index contributed by atoms with van der Waals surface area (Å²) >= 11 is 0. The quantitative estimate of drug-likeness (QED) is 0.701. The van der Waals surface area contributed by atoms with Crippen molar-refractivity contribution in [1.29, 1.82) is 0 Å². The molecule has 2 atom stereocenters. The summed E-state index contributed by atoms with van der Waals surface area (Å²) in [6, 6.07) is 0.516. The van der Waals surface area contributed by atoms with E-state index in [0.29, 0.717) is 6.04 Å². The maximum atomic E-state index is 11.0. The Morgan fingerprint density at radius 3 is 2.67 bits per heavy atom. The molecule has 1 aliphatic heterocycles. The van der Waals surface area contributed by atoms with Crippen LogP contribution in [-0.2, 0) is 4.79 Å². The molecule has 0 spiro atoms. The van der Waals surface area contributed by atoms with E-state index in [0.717, 1.165) is 45.4 Å². The second-order valence-electron chi connectivity index (χ2n) is 4.64. The van der Waals surface area contributed by atoms with Crippen LogP contribution in [0.25, 0.3) is 0 Å². The molecule has 1 saturated heterocycles. The zero-order valence-corrected chi connectivity index (χ0v) is 9.11. The molecule has 4 heteroatoms. The van der Waals surface area contributed by atoms with Crippen molar-refractivity contribution in [3.05, 3.63) is 0 Å². The second kappa shape index (κ2) is 4.94. The molecule has 0 bridgehead atoms. The maximum Gasteiger partial charge on any atom is 0.306 e. The van der Waals surface area contributed by atoms with Crippen LogP contribution < -0.4 is 5.32 Å². The molecule has 15 heavy (non-hydrogen) atoms. The first-order valence-corrected chi connectivity index (χ1v) is 5.95. The Morgan fingerprint density at radius 1 is 1.27 bits per heavy atom. The smallest absolute Gasteiger partial charge is 0.306 e. The highest BCUT2D eigenvalue weighted by Crippen LogP contribution is 2.28. The Balaban J connectivity index is 1.88. The molecule has 4 nitrogen and oxygen atoms in total. The predicted molar refractivity (Wildman–Crippen MR) is 57.8 cm³/mol. The average molecular weight is 212 g/mol. The second-order valence-corrected chi connectivity index (χ2v) is 4.64. The Morgan fingerprint density at radius 2 is 2.00 bits per heavy atom. The van der Waals surface area contributed by atoms with Gasteiger partial charge in [-0.3, -0.25) is 9.69 Å². The highest BCUT2D eigenvalue weighted by molar-refractivity contribution is 5.70. The number of nitrogens with one attached hydrogen (secondary N) is 1. The van der Waals surface area contributed by atoms with E-state index in [1.807, 2.05) is 0 Å². The van der Waals surface area contributed by atoms with E-state index in [1.165, 1.54) is 6.42 Å². The Bertz CT molecular complexity index is 227. The molecule has 0 unspecified atom stereocenters. The van der Waals surface area contributed by atoms with Gasteiger partial charge in [-0.15, -0.1) is 0 Å². The molecule has 2 aliphatic rings. The lowest BCUT2D eigenvalue weighted by molar-refractivity contribution is -0.143. The van der Waals surface area contributed by atoms with Crippen LogP contribution in [0.1, 0.15) is 25.7 Å². The van der Waals surface area contributed by atoms with E-state index in [4.69, 9.17) is 5.11 Å². The predicted octanol–water partition coefficient (Wildman–Crippen LogP) is 0.535. The summed E-state index contributed by atoms with van der Waals surface area (Å²) in [5, 5.41) is 12.4. The van der Waals surface area contributed by atoms with Crippen LogP contribution in [0.5, 0.6) is 0 Å². The summed E-state index contributed by atoms with van der Waals surface area (Å²) in [5.74, 6) is -0.700. The van der Waals surface area contributed by atoms with E-state index in [-0.39, 0.29) is 5.92 Å². The molecule has 1 aliphatic carbocycles. The molecule has 2 fully saturated rings. The lowest BCUT2D eigenvalue weighted by atomic mass is 9.85. The zero-order chi connectivity index (χ0) is 10.7. The Kier molecular flexibility index (Phi) is 3.59. The molecule has 1 heterocycles. The average Bonchev–Trinajstić information content (AvgIpc) is 2.30. The number of carboxylic acid groups (broad SMARTS) is 1. The van der Waals surface area contributed by atoms with Gasteiger partial charge >= 0.3 is 5.97 Å². The van der Waals surface area contributed by atoms with Gasteiger partial charge in [0.15, 0.2) is 0 Å². The molecule has 0 amide bonds. The van der Waals surface area contributed by atoms with Crippen molar-refractivity contribution in [3.63, 3.8) is 0 Å². The number of piperazine rings is 1. The lowest BCUT2D eigenvalue weighted by Crippen LogP contribution is -2.50. The number of carbonyl (C=O) groups is 1. The van der Waals surface area contributed by atoms with Crippen LogP contribution in [0, 0.1) is 5.92 Å². The van der Waals surface area contributed by atoms with Crippen molar-refractivity contribution in [2.24, 2.45) is 5.92 Å². The van der Waals surface area contributed by atoms with Gasteiger partial charge in [-0.05, 0) is 19.3 Å². The van der Waals surface area contributed by atoms with Crippen molar-refractivity contribution >= 4 is 5.97 Å². The highest BCUT2D eigenvalue weighted by atomic mass is 16.4. The number of aliphatic carboxylic acids is 1. The summed E-state index contributed by atoms with van der Waals surface area (Å²) in [7, 11) is 0. The number of hydrogen-bond acceptors (Lipinski definition) is 3. The molecule has 0 aromatic rings. The monoisotopic (exact) mass is 212 g/mol. The van der Waals surface area contributed by atoms with Gasteiger partial charge in [0.05, 0.1) is 5.92 Å². The van der Waals surface area contributed by atoms with Crippen molar-refractivity contribution in [2.45, 2.75) is 31.7 Å². The van der Waals surface area contributed by atoms with Gasteiger partial charge in [0.25, 0.3) is 0 Å². The molecule has 2 N–H and O–H groups in total. The summed E-state index contributed by atoms with van der Waals surface area (Å²) < 4.78 is 0. The molecular weight excluding hydrogens is 192 g/mol. The zero-order valence-electron chi connectivity index (χ0n) is 9.11. The largest absolute Gasteiger partial charge is 0.481 e. The molecule has 2 rings (SSSR count). The van der Waals surface area contributed by atoms with Gasteiger partial charge in [0.1, 0.15) is 0 Å². The van der Waals surface area contributed by atoms with E-state index >= 15 is 0 Å². The first-order chi connectivity index (χ1) is 7.27.